The fourth-order valence-corrected chi connectivity index (χ4v) is 2.78. The fourth-order valence-electron chi connectivity index (χ4n) is 2.32. The highest BCUT2D eigenvalue weighted by Gasteiger charge is 2.16. The van der Waals surface area contributed by atoms with Crippen LogP contribution in [-0.2, 0) is 4.79 Å². The molecule has 1 N–H and O–H groups in total. The van der Waals surface area contributed by atoms with Crippen molar-refractivity contribution in [1.82, 2.24) is 0 Å². The highest BCUT2D eigenvalue weighted by atomic mass is 35.5. The van der Waals surface area contributed by atoms with Crippen LogP contribution < -0.4 is 10.1 Å². The Labute approximate surface area is 150 Å². The minimum atomic E-state index is -0.669. The molecule has 0 heterocycles. The van der Waals surface area contributed by atoms with Gasteiger partial charge in [0.1, 0.15) is 5.75 Å². The Kier molecular flexibility index (Phi) is 4.93. The SMILES string of the molecule is C[C@@H](Oc1ccc2ccccc2c1)C(=O)Nc1ccc(Cl)cc1Cl. The number of amides is 1. The lowest BCUT2D eigenvalue weighted by Gasteiger charge is -2.16. The first kappa shape index (κ1) is 16.6. The molecule has 0 bridgehead atoms. The third-order valence-electron chi connectivity index (χ3n) is 3.59. The fraction of sp³-hybridized carbons (Fsp3) is 0.105. The number of nitrogens with one attached hydrogen (secondary N) is 1. The van der Waals surface area contributed by atoms with E-state index in [-0.39, 0.29) is 5.91 Å². The van der Waals surface area contributed by atoms with Crippen molar-refractivity contribution >= 4 is 45.6 Å². The Hall–Kier alpha value is -2.23. The van der Waals surface area contributed by atoms with Crippen LogP contribution in [0.4, 0.5) is 5.69 Å². The van der Waals surface area contributed by atoms with Gasteiger partial charge in [0.2, 0.25) is 0 Å². The molecule has 5 heteroatoms. The van der Waals surface area contributed by atoms with E-state index in [0.717, 1.165) is 10.8 Å². The van der Waals surface area contributed by atoms with Crippen molar-refractivity contribution in [1.29, 1.82) is 0 Å². The van der Waals surface area contributed by atoms with Gasteiger partial charge in [-0.15, -0.1) is 0 Å². The molecule has 3 aromatic rings. The Balaban J connectivity index is 1.70. The molecular formula is C19H15Cl2NO2. The number of carbonyl (C=O) groups excluding carboxylic acids is 1. The molecule has 0 aliphatic heterocycles. The molecule has 0 aromatic heterocycles. The number of halogens is 2. The minimum absolute atomic E-state index is 0.285. The predicted octanol–water partition coefficient (Wildman–Crippen LogP) is 5.55. The molecule has 24 heavy (non-hydrogen) atoms. The number of carbonyl (C=O) groups is 1. The van der Waals surface area contributed by atoms with Crippen LogP contribution in [0.15, 0.2) is 60.7 Å². The Morgan fingerprint density at radius 1 is 1.00 bits per heavy atom. The Morgan fingerprint density at radius 3 is 2.50 bits per heavy atom. The highest BCUT2D eigenvalue weighted by molar-refractivity contribution is 6.36. The van der Waals surface area contributed by atoms with Gasteiger partial charge < -0.3 is 10.1 Å². The average Bonchev–Trinajstić information content (AvgIpc) is 2.57. The third kappa shape index (κ3) is 3.81. The maximum atomic E-state index is 12.3. The molecule has 0 unspecified atom stereocenters. The normalized spacial score (nSPS) is 12.0. The summed E-state index contributed by atoms with van der Waals surface area (Å²) < 4.78 is 5.74. The quantitative estimate of drug-likeness (QED) is 0.662. The van der Waals surface area contributed by atoms with Gasteiger partial charge in [0.05, 0.1) is 10.7 Å². The topological polar surface area (TPSA) is 38.3 Å². The van der Waals surface area contributed by atoms with Gasteiger partial charge in [-0.05, 0) is 48.0 Å². The lowest BCUT2D eigenvalue weighted by molar-refractivity contribution is -0.122. The van der Waals surface area contributed by atoms with Crippen molar-refractivity contribution in [3.8, 4) is 5.75 Å². The summed E-state index contributed by atoms with van der Waals surface area (Å²) in [7, 11) is 0. The van der Waals surface area contributed by atoms with Crippen LogP contribution in [0, 0.1) is 0 Å². The lowest BCUT2D eigenvalue weighted by Crippen LogP contribution is -2.30. The largest absolute Gasteiger partial charge is 0.481 e. The molecule has 3 nitrogen and oxygen atoms in total. The minimum Gasteiger partial charge on any atom is -0.481 e. The molecular weight excluding hydrogens is 345 g/mol. The van der Waals surface area contributed by atoms with Crippen LogP contribution in [-0.4, -0.2) is 12.0 Å². The smallest absolute Gasteiger partial charge is 0.265 e. The summed E-state index contributed by atoms with van der Waals surface area (Å²) in [6.45, 7) is 1.69. The number of anilines is 1. The van der Waals surface area contributed by atoms with Crippen molar-refractivity contribution in [2.24, 2.45) is 0 Å². The first-order valence-corrected chi connectivity index (χ1v) is 8.20. The third-order valence-corrected chi connectivity index (χ3v) is 4.14. The summed E-state index contributed by atoms with van der Waals surface area (Å²) in [5.74, 6) is 0.353. The van der Waals surface area contributed by atoms with E-state index >= 15 is 0 Å². The van der Waals surface area contributed by atoms with E-state index in [1.54, 1.807) is 25.1 Å². The van der Waals surface area contributed by atoms with Gasteiger partial charge in [-0.1, -0.05) is 53.5 Å². The van der Waals surface area contributed by atoms with Gasteiger partial charge in [-0.2, -0.15) is 0 Å². The van der Waals surface area contributed by atoms with Crippen LogP contribution in [0.3, 0.4) is 0 Å². The van der Waals surface area contributed by atoms with E-state index < -0.39 is 6.10 Å². The van der Waals surface area contributed by atoms with Crippen molar-refractivity contribution in [2.75, 3.05) is 5.32 Å². The standard InChI is InChI=1S/C19H15Cl2NO2/c1-12(19(23)22-18-9-7-15(20)11-17(18)21)24-16-8-6-13-4-2-3-5-14(13)10-16/h2-12H,1H3,(H,22,23)/t12-/m1/s1. The van der Waals surface area contributed by atoms with Crippen molar-refractivity contribution in [2.45, 2.75) is 13.0 Å². The molecule has 3 aromatic carbocycles. The molecule has 0 aliphatic rings. The zero-order valence-corrected chi connectivity index (χ0v) is 14.4. The Morgan fingerprint density at radius 2 is 1.75 bits per heavy atom. The van der Waals surface area contributed by atoms with Gasteiger partial charge in [-0.25, -0.2) is 0 Å². The molecule has 0 saturated carbocycles. The number of ether oxygens (including phenoxy) is 1. The summed E-state index contributed by atoms with van der Waals surface area (Å²) in [5.41, 5.74) is 0.500. The zero-order chi connectivity index (χ0) is 17.1. The van der Waals surface area contributed by atoms with E-state index in [1.807, 2.05) is 42.5 Å². The summed E-state index contributed by atoms with van der Waals surface area (Å²) >= 11 is 11.9. The second-order valence-corrected chi connectivity index (χ2v) is 6.23. The van der Waals surface area contributed by atoms with E-state index in [9.17, 15) is 4.79 Å². The lowest BCUT2D eigenvalue weighted by atomic mass is 10.1. The molecule has 3 rings (SSSR count). The number of fused-ring (bicyclic) bond motifs is 1. The summed E-state index contributed by atoms with van der Waals surface area (Å²) in [6, 6.07) is 18.6. The van der Waals surface area contributed by atoms with Gasteiger partial charge in [0.25, 0.3) is 5.91 Å². The Bertz CT molecular complexity index is 895. The predicted molar refractivity (Wildman–Crippen MR) is 99.1 cm³/mol. The molecule has 0 radical (unpaired) electrons. The number of hydrogen-bond donors (Lipinski definition) is 1. The molecule has 0 aliphatic carbocycles. The summed E-state index contributed by atoms with van der Waals surface area (Å²) in [5, 5.41) is 5.81. The number of benzene rings is 3. The number of rotatable bonds is 4. The summed E-state index contributed by atoms with van der Waals surface area (Å²) in [4.78, 5) is 12.3. The molecule has 0 saturated heterocycles. The first-order chi connectivity index (χ1) is 11.5. The molecule has 1 amide bonds. The molecule has 0 fully saturated rings. The van der Waals surface area contributed by atoms with E-state index in [4.69, 9.17) is 27.9 Å². The van der Waals surface area contributed by atoms with Gasteiger partial charge in [0.15, 0.2) is 6.10 Å². The van der Waals surface area contributed by atoms with Gasteiger partial charge in [0, 0.05) is 5.02 Å². The van der Waals surface area contributed by atoms with E-state index in [0.29, 0.717) is 21.5 Å². The monoisotopic (exact) mass is 359 g/mol. The number of hydrogen-bond acceptors (Lipinski definition) is 2. The maximum absolute atomic E-state index is 12.3. The average molecular weight is 360 g/mol. The van der Waals surface area contributed by atoms with Crippen LogP contribution in [0.2, 0.25) is 10.0 Å². The van der Waals surface area contributed by atoms with Crippen LogP contribution >= 0.6 is 23.2 Å². The second kappa shape index (κ2) is 7.12. The van der Waals surface area contributed by atoms with Crippen LogP contribution in [0.25, 0.3) is 10.8 Å². The highest BCUT2D eigenvalue weighted by Crippen LogP contribution is 2.26. The molecule has 1 atom stereocenters. The maximum Gasteiger partial charge on any atom is 0.265 e. The van der Waals surface area contributed by atoms with Crippen molar-refractivity contribution < 1.29 is 9.53 Å². The van der Waals surface area contributed by atoms with Crippen molar-refractivity contribution in [3.63, 3.8) is 0 Å². The van der Waals surface area contributed by atoms with Crippen LogP contribution in [0.5, 0.6) is 5.75 Å². The molecule has 0 spiro atoms. The second-order valence-electron chi connectivity index (χ2n) is 5.38. The van der Waals surface area contributed by atoms with Gasteiger partial charge in [-0.3, -0.25) is 4.79 Å². The van der Waals surface area contributed by atoms with Gasteiger partial charge >= 0.3 is 0 Å². The van der Waals surface area contributed by atoms with Crippen LogP contribution in [0.1, 0.15) is 6.92 Å². The zero-order valence-electron chi connectivity index (χ0n) is 12.9. The first-order valence-electron chi connectivity index (χ1n) is 7.44. The summed E-state index contributed by atoms with van der Waals surface area (Å²) in [6.07, 6.45) is -0.669. The van der Waals surface area contributed by atoms with E-state index in [2.05, 4.69) is 5.32 Å². The van der Waals surface area contributed by atoms with E-state index in [1.165, 1.54) is 0 Å². The van der Waals surface area contributed by atoms with Crippen molar-refractivity contribution in [3.05, 3.63) is 70.7 Å². The molecule has 122 valence electrons.